The molecule has 3 rings (SSSR count). The van der Waals surface area contributed by atoms with Gasteiger partial charge in [-0.1, -0.05) is 30.3 Å². The van der Waals surface area contributed by atoms with E-state index in [1.807, 2.05) is 23.1 Å². The Morgan fingerprint density at radius 3 is 2.56 bits per heavy atom. The van der Waals surface area contributed by atoms with E-state index < -0.39 is 6.04 Å². The molecule has 2 amide bonds. The lowest BCUT2D eigenvalue weighted by atomic mass is 9.92. The highest BCUT2D eigenvalue weighted by molar-refractivity contribution is 5.97. The standard InChI is InChI=1S/C20H24N2O3/c1-13-11-18(16-7-5-4-6-8-16)15(3)22(13)20(24)14(2)21-19(23)17-9-10-25-12-17/h4-10,12-15,18H,11H2,1-3H3,(H,21,23). The summed E-state index contributed by atoms with van der Waals surface area (Å²) in [6, 6.07) is 11.5. The highest BCUT2D eigenvalue weighted by Gasteiger charge is 2.41. The summed E-state index contributed by atoms with van der Waals surface area (Å²) in [5, 5.41) is 2.76. The number of hydrogen-bond donors (Lipinski definition) is 1. The molecule has 1 aliphatic rings. The quantitative estimate of drug-likeness (QED) is 0.930. The van der Waals surface area contributed by atoms with Gasteiger partial charge in [-0.2, -0.15) is 0 Å². The second-order valence-electron chi connectivity index (χ2n) is 6.80. The van der Waals surface area contributed by atoms with Gasteiger partial charge < -0.3 is 14.6 Å². The normalized spacial score (nSPS) is 24.1. The van der Waals surface area contributed by atoms with Gasteiger partial charge in [0.05, 0.1) is 11.8 Å². The van der Waals surface area contributed by atoms with Gasteiger partial charge in [0.25, 0.3) is 5.91 Å². The summed E-state index contributed by atoms with van der Waals surface area (Å²) in [6.07, 6.45) is 3.74. The van der Waals surface area contributed by atoms with Gasteiger partial charge in [0.2, 0.25) is 5.91 Å². The van der Waals surface area contributed by atoms with Crippen LogP contribution in [0.5, 0.6) is 0 Å². The number of nitrogens with one attached hydrogen (secondary N) is 1. The van der Waals surface area contributed by atoms with Gasteiger partial charge >= 0.3 is 0 Å². The third-order valence-electron chi connectivity index (χ3n) is 5.07. The fourth-order valence-electron chi connectivity index (χ4n) is 3.77. The summed E-state index contributed by atoms with van der Waals surface area (Å²) < 4.78 is 4.92. The van der Waals surface area contributed by atoms with Crippen LogP contribution in [0.2, 0.25) is 0 Å². The van der Waals surface area contributed by atoms with Crippen molar-refractivity contribution in [1.82, 2.24) is 10.2 Å². The van der Waals surface area contributed by atoms with Crippen molar-refractivity contribution in [2.45, 2.75) is 51.2 Å². The van der Waals surface area contributed by atoms with Crippen molar-refractivity contribution in [3.05, 3.63) is 60.1 Å². The Kier molecular flexibility index (Phi) is 4.93. The smallest absolute Gasteiger partial charge is 0.255 e. The van der Waals surface area contributed by atoms with Gasteiger partial charge in [0.15, 0.2) is 0 Å². The molecule has 1 saturated heterocycles. The third-order valence-corrected chi connectivity index (χ3v) is 5.07. The molecule has 1 aliphatic heterocycles. The van der Waals surface area contributed by atoms with Crippen LogP contribution in [0.1, 0.15) is 49.0 Å². The first-order valence-electron chi connectivity index (χ1n) is 8.69. The topological polar surface area (TPSA) is 62.6 Å². The molecule has 5 heteroatoms. The second-order valence-corrected chi connectivity index (χ2v) is 6.80. The Bertz CT molecular complexity index is 727. The first-order valence-corrected chi connectivity index (χ1v) is 8.69. The molecule has 1 fully saturated rings. The van der Waals surface area contributed by atoms with Crippen LogP contribution in [-0.2, 0) is 4.79 Å². The van der Waals surface area contributed by atoms with Crippen molar-refractivity contribution in [2.75, 3.05) is 0 Å². The molecule has 0 radical (unpaired) electrons. The predicted molar refractivity (Wildman–Crippen MR) is 95.2 cm³/mol. The average molecular weight is 340 g/mol. The van der Waals surface area contributed by atoms with Crippen LogP contribution >= 0.6 is 0 Å². The largest absolute Gasteiger partial charge is 0.472 e. The lowest BCUT2D eigenvalue weighted by Gasteiger charge is -2.30. The molecule has 0 spiro atoms. The van der Waals surface area contributed by atoms with Gasteiger partial charge in [-0.05, 0) is 38.8 Å². The number of likely N-dealkylation sites (tertiary alicyclic amines) is 1. The highest BCUT2D eigenvalue weighted by atomic mass is 16.3. The van der Waals surface area contributed by atoms with Crippen LogP contribution in [0.3, 0.4) is 0 Å². The van der Waals surface area contributed by atoms with Crippen molar-refractivity contribution in [3.8, 4) is 0 Å². The number of hydrogen-bond acceptors (Lipinski definition) is 3. The minimum atomic E-state index is -0.582. The second kappa shape index (κ2) is 7.13. The van der Waals surface area contributed by atoms with Gasteiger partial charge in [-0.25, -0.2) is 0 Å². The van der Waals surface area contributed by atoms with Gasteiger partial charge in [0.1, 0.15) is 12.3 Å². The molecule has 5 nitrogen and oxygen atoms in total. The van der Waals surface area contributed by atoms with Gasteiger partial charge in [-0.15, -0.1) is 0 Å². The molecule has 0 aliphatic carbocycles. The van der Waals surface area contributed by atoms with Crippen LogP contribution in [-0.4, -0.2) is 34.8 Å². The summed E-state index contributed by atoms with van der Waals surface area (Å²) in [7, 11) is 0. The number of furan rings is 1. The average Bonchev–Trinajstić information content (AvgIpc) is 3.23. The molecule has 25 heavy (non-hydrogen) atoms. The maximum atomic E-state index is 12.9. The van der Waals surface area contributed by atoms with E-state index in [0.717, 1.165) is 6.42 Å². The molecule has 0 saturated carbocycles. The van der Waals surface area contributed by atoms with E-state index in [1.165, 1.54) is 18.1 Å². The van der Waals surface area contributed by atoms with Crippen molar-refractivity contribution >= 4 is 11.8 Å². The van der Waals surface area contributed by atoms with Crippen LogP contribution < -0.4 is 5.32 Å². The van der Waals surface area contributed by atoms with Crippen molar-refractivity contribution in [3.63, 3.8) is 0 Å². The minimum absolute atomic E-state index is 0.0460. The van der Waals surface area contributed by atoms with Crippen molar-refractivity contribution in [2.24, 2.45) is 0 Å². The lowest BCUT2D eigenvalue weighted by Crippen LogP contribution is -2.50. The van der Waals surface area contributed by atoms with Crippen LogP contribution in [0.25, 0.3) is 0 Å². The number of nitrogens with zero attached hydrogens (tertiary/aromatic N) is 1. The molecule has 1 N–H and O–H groups in total. The molecular weight excluding hydrogens is 316 g/mol. The van der Waals surface area contributed by atoms with E-state index in [1.54, 1.807) is 13.0 Å². The zero-order valence-electron chi connectivity index (χ0n) is 14.8. The summed E-state index contributed by atoms with van der Waals surface area (Å²) in [4.78, 5) is 27.0. The Balaban J connectivity index is 1.70. The molecule has 2 heterocycles. The Morgan fingerprint density at radius 1 is 1.20 bits per heavy atom. The molecule has 132 valence electrons. The minimum Gasteiger partial charge on any atom is -0.472 e. The van der Waals surface area contributed by atoms with Gasteiger partial charge in [0, 0.05) is 18.0 Å². The Morgan fingerprint density at radius 2 is 1.92 bits per heavy atom. The summed E-state index contributed by atoms with van der Waals surface area (Å²) in [5.41, 5.74) is 1.68. The Hall–Kier alpha value is -2.56. The monoisotopic (exact) mass is 340 g/mol. The maximum absolute atomic E-state index is 12.9. The molecule has 2 aromatic rings. The number of carbonyl (C=O) groups is 2. The first-order chi connectivity index (χ1) is 12.0. The fraction of sp³-hybridized carbons (Fsp3) is 0.400. The summed E-state index contributed by atoms with van der Waals surface area (Å²) >= 11 is 0. The van der Waals surface area contributed by atoms with E-state index in [0.29, 0.717) is 11.5 Å². The fourth-order valence-corrected chi connectivity index (χ4v) is 3.77. The zero-order chi connectivity index (χ0) is 18.0. The Labute approximate surface area is 148 Å². The molecule has 4 unspecified atom stereocenters. The lowest BCUT2D eigenvalue weighted by molar-refractivity contribution is -0.135. The molecule has 4 atom stereocenters. The van der Waals surface area contributed by atoms with Crippen molar-refractivity contribution < 1.29 is 14.0 Å². The van der Waals surface area contributed by atoms with Gasteiger partial charge in [-0.3, -0.25) is 9.59 Å². The molecule has 0 bridgehead atoms. The summed E-state index contributed by atoms with van der Waals surface area (Å²) in [5.74, 6) is -0.0269. The number of rotatable bonds is 4. The molecule has 1 aromatic carbocycles. The first kappa shape index (κ1) is 17.3. The highest BCUT2D eigenvalue weighted by Crippen LogP contribution is 2.37. The molecule has 1 aromatic heterocycles. The van der Waals surface area contributed by atoms with E-state index in [9.17, 15) is 9.59 Å². The van der Waals surface area contributed by atoms with E-state index in [4.69, 9.17) is 4.42 Å². The predicted octanol–water partition coefficient (Wildman–Crippen LogP) is 3.19. The summed E-state index contributed by atoms with van der Waals surface area (Å²) in [6.45, 7) is 5.89. The van der Waals surface area contributed by atoms with E-state index in [2.05, 4.69) is 31.3 Å². The maximum Gasteiger partial charge on any atom is 0.255 e. The van der Waals surface area contributed by atoms with Crippen LogP contribution in [0.4, 0.5) is 0 Å². The van der Waals surface area contributed by atoms with Crippen molar-refractivity contribution in [1.29, 1.82) is 0 Å². The van der Waals surface area contributed by atoms with Crippen LogP contribution in [0, 0.1) is 0 Å². The number of carbonyl (C=O) groups excluding carboxylic acids is 2. The van der Waals surface area contributed by atoms with Crippen LogP contribution in [0.15, 0.2) is 53.3 Å². The van der Waals surface area contributed by atoms with E-state index in [-0.39, 0.29) is 23.9 Å². The van der Waals surface area contributed by atoms with E-state index >= 15 is 0 Å². The zero-order valence-corrected chi connectivity index (χ0v) is 14.8. The third kappa shape index (κ3) is 3.45. The number of amides is 2. The number of benzene rings is 1. The molecular formula is C20H24N2O3. The SMILES string of the molecule is CC(NC(=O)c1ccoc1)C(=O)N1C(C)CC(c2ccccc2)C1C.